The number of methoxy groups -OCH3 is 1. The fraction of sp³-hybridized carbons (Fsp3) is 0.562. The van der Waals surface area contributed by atoms with Crippen molar-refractivity contribution < 1.29 is 9.53 Å². The monoisotopic (exact) mass is 246 g/mol. The highest BCUT2D eigenvalue weighted by molar-refractivity contribution is 5.64. The summed E-state index contributed by atoms with van der Waals surface area (Å²) in [6.45, 7) is 6.36. The minimum absolute atomic E-state index is 0.0498. The van der Waals surface area contributed by atoms with Crippen molar-refractivity contribution in [3.8, 4) is 5.75 Å². The van der Waals surface area contributed by atoms with Gasteiger partial charge in [-0.2, -0.15) is 0 Å². The van der Waals surface area contributed by atoms with Crippen molar-refractivity contribution in [2.24, 2.45) is 5.41 Å². The molecule has 0 saturated heterocycles. The van der Waals surface area contributed by atoms with Crippen LogP contribution in [0.2, 0.25) is 0 Å². The minimum Gasteiger partial charge on any atom is -0.496 e. The molecular weight excluding hydrogens is 224 g/mol. The summed E-state index contributed by atoms with van der Waals surface area (Å²) in [4.78, 5) is 11.5. The molecule has 1 aromatic carbocycles. The first-order valence-corrected chi connectivity index (χ1v) is 6.58. The quantitative estimate of drug-likeness (QED) is 0.761. The summed E-state index contributed by atoms with van der Waals surface area (Å²) in [5.74, 6) is 0.910. The van der Waals surface area contributed by atoms with Crippen LogP contribution in [-0.4, -0.2) is 13.4 Å². The summed E-state index contributed by atoms with van der Waals surface area (Å²) < 4.78 is 5.30. The van der Waals surface area contributed by atoms with E-state index in [1.165, 1.54) is 5.56 Å². The highest BCUT2D eigenvalue weighted by Gasteiger charge is 2.49. The van der Waals surface area contributed by atoms with Gasteiger partial charge in [0.25, 0.3) is 0 Å². The Morgan fingerprint density at radius 2 is 2.00 bits per heavy atom. The van der Waals surface area contributed by atoms with Crippen molar-refractivity contribution in [3.05, 3.63) is 29.3 Å². The first-order chi connectivity index (χ1) is 8.47. The Morgan fingerprint density at radius 3 is 2.56 bits per heavy atom. The van der Waals surface area contributed by atoms with Gasteiger partial charge in [0, 0.05) is 10.8 Å². The van der Waals surface area contributed by atoms with Crippen molar-refractivity contribution in [2.45, 2.75) is 45.4 Å². The molecule has 1 aliphatic carbocycles. The number of aldehydes is 1. The summed E-state index contributed by atoms with van der Waals surface area (Å²) in [5.41, 5.74) is 2.10. The summed E-state index contributed by atoms with van der Waals surface area (Å²) in [7, 11) is 1.69. The van der Waals surface area contributed by atoms with Gasteiger partial charge in [-0.1, -0.05) is 32.4 Å². The third kappa shape index (κ3) is 1.75. The second-order valence-corrected chi connectivity index (χ2v) is 5.91. The lowest BCUT2D eigenvalue weighted by Gasteiger charge is -2.38. The molecule has 2 unspecified atom stereocenters. The Labute approximate surface area is 109 Å². The van der Waals surface area contributed by atoms with Crippen LogP contribution in [0, 0.1) is 12.3 Å². The van der Waals surface area contributed by atoms with E-state index in [9.17, 15) is 4.79 Å². The molecule has 0 heterocycles. The third-order valence-electron chi connectivity index (χ3n) is 4.93. The van der Waals surface area contributed by atoms with Gasteiger partial charge < -0.3 is 9.53 Å². The Morgan fingerprint density at radius 1 is 1.28 bits per heavy atom. The van der Waals surface area contributed by atoms with Gasteiger partial charge >= 0.3 is 0 Å². The molecule has 0 bridgehead atoms. The van der Waals surface area contributed by atoms with Gasteiger partial charge in [0.2, 0.25) is 0 Å². The molecule has 18 heavy (non-hydrogen) atoms. The van der Waals surface area contributed by atoms with Gasteiger partial charge in [-0.25, -0.2) is 0 Å². The Balaban J connectivity index is 2.47. The first-order valence-electron chi connectivity index (χ1n) is 6.58. The molecule has 0 aliphatic heterocycles. The molecule has 2 atom stereocenters. The van der Waals surface area contributed by atoms with E-state index in [0.29, 0.717) is 0 Å². The first kappa shape index (κ1) is 13.1. The van der Waals surface area contributed by atoms with E-state index in [4.69, 9.17) is 4.74 Å². The molecule has 0 aromatic heterocycles. The lowest BCUT2D eigenvalue weighted by molar-refractivity contribution is -0.117. The third-order valence-corrected chi connectivity index (χ3v) is 4.93. The van der Waals surface area contributed by atoms with E-state index >= 15 is 0 Å². The molecular formula is C16H22O2. The molecule has 1 fully saturated rings. The molecule has 0 N–H and O–H groups in total. The van der Waals surface area contributed by atoms with E-state index in [0.717, 1.165) is 36.9 Å². The van der Waals surface area contributed by atoms with E-state index < -0.39 is 0 Å². The standard InChI is InChI=1S/C16H22O2/c1-12-10-13(6-7-14(12)18-4)16(3)9-5-8-15(16,2)11-17/h6-7,10-11H,5,8-9H2,1-4H3. The average molecular weight is 246 g/mol. The molecule has 98 valence electrons. The van der Waals surface area contributed by atoms with Crippen molar-refractivity contribution >= 4 is 6.29 Å². The molecule has 0 radical (unpaired) electrons. The van der Waals surface area contributed by atoms with Crippen molar-refractivity contribution in [2.75, 3.05) is 7.11 Å². The highest BCUT2D eigenvalue weighted by Crippen LogP contribution is 2.53. The topological polar surface area (TPSA) is 26.3 Å². The molecule has 1 aliphatic rings. The van der Waals surface area contributed by atoms with E-state index in [1.807, 2.05) is 6.07 Å². The molecule has 0 spiro atoms. The van der Waals surface area contributed by atoms with Crippen LogP contribution in [0.3, 0.4) is 0 Å². The minimum atomic E-state index is -0.242. The van der Waals surface area contributed by atoms with Crippen LogP contribution < -0.4 is 4.74 Å². The highest BCUT2D eigenvalue weighted by atomic mass is 16.5. The van der Waals surface area contributed by atoms with Crippen molar-refractivity contribution in [1.29, 1.82) is 0 Å². The fourth-order valence-corrected chi connectivity index (χ4v) is 3.26. The number of rotatable bonds is 3. The molecule has 0 amide bonds. The number of carbonyl (C=O) groups is 1. The predicted molar refractivity (Wildman–Crippen MR) is 73.1 cm³/mol. The van der Waals surface area contributed by atoms with E-state index in [2.05, 4.69) is 32.9 Å². The maximum absolute atomic E-state index is 11.5. The molecule has 2 heteroatoms. The van der Waals surface area contributed by atoms with Gasteiger partial charge in [-0.3, -0.25) is 0 Å². The number of carbonyl (C=O) groups excluding carboxylic acids is 1. The summed E-state index contributed by atoms with van der Waals surface area (Å²) in [6, 6.07) is 6.30. The Kier molecular flexibility index (Phi) is 3.22. The van der Waals surface area contributed by atoms with Crippen LogP contribution in [0.5, 0.6) is 5.75 Å². The second kappa shape index (κ2) is 4.42. The van der Waals surface area contributed by atoms with Gasteiger partial charge in [0.1, 0.15) is 12.0 Å². The number of hydrogen-bond acceptors (Lipinski definition) is 2. The largest absolute Gasteiger partial charge is 0.496 e. The molecule has 1 saturated carbocycles. The summed E-state index contributed by atoms with van der Waals surface area (Å²) in [5, 5.41) is 0. The van der Waals surface area contributed by atoms with Crippen LogP contribution in [0.4, 0.5) is 0 Å². The van der Waals surface area contributed by atoms with Gasteiger partial charge in [-0.15, -0.1) is 0 Å². The van der Waals surface area contributed by atoms with Crippen molar-refractivity contribution in [1.82, 2.24) is 0 Å². The predicted octanol–water partition coefficient (Wildman–Crippen LogP) is 3.65. The molecule has 1 aromatic rings. The summed E-state index contributed by atoms with van der Waals surface area (Å²) in [6.07, 6.45) is 4.34. The second-order valence-electron chi connectivity index (χ2n) is 5.91. The maximum atomic E-state index is 11.5. The van der Waals surface area contributed by atoms with Crippen LogP contribution in [0.15, 0.2) is 18.2 Å². The lowest BCUT2D eigenvalue weighted by Crippen LogP contribution is -2.37. The molecule has 2 rings (SSSR count). The Hall–Kier alpha value is -1.31. The maximum Gasteiger partial charge on any atom is 0.126 e. The number of ether oxygens (including phenoxy) is 1. The normalized spacial score (nSPS) is 31.3. The van der Waals surface area contributed by atoms with Gasteiger partial charge in [0.15, 0.2) is 0 Å². The van der Waals surface area contributed by atoms with Crippen LogP contribution in [-0.2, 0) is 10.2 Å². The zero-order valence-electron chi connectivity index (χ0n) is 11.7. The van der Waals surface area contributed by atoms with E-state index in [1.54, 1.807) is 7.11 Å². The smallest absolute Gasteiger partial charge is 0.126 e. The Bertz CT molecular complexity index is 466. The molecule has 2 nitrogen and oxygen atoms in total. The average Bonchev–Trinajstić information content (AvgIpc) is 2.67. The van der Waals surface area contributed by atoms with Gasteiger partial charge in [0.05, 0.1) is 7.11 Å². The van der Waals surface area contributed by atoms with Crippen LogP contribution in [0.1, 0.15) is 44.2 Å². The zero-order chi connectivity index (χ0) is 13.4. The fourth-order valence-electron chi connectivity index (χ4n) is 3.26. The van der Waals surface area contributed by atoms with Crippen LogP contribution >= 0.6 is 0 Å². The number of benzene rings is 1. The van der Waals surface area contributed by atoms with Gasteiger partial charge in [-0.05, 0) is 37.0 Å². The van der Waals surface area contributed by atoms with E-state index in [-0.39, 0.29) is 10.8 Å². The summed E-state index contributed by atoms with van der Waals surface area (Å²) >= 11 is 0. The van der Waals surface area contributed by atoms with Crippen LogP contribution in [0.25, 0.3) is 0 Å². The SMILES string of the molecule is COc1ccc(C2(C)CCCC2(C)C=O)cc1C. The number of hydrogen-bond donors (Lipinski definition) is 0. The number of aryl methyl sites for hydroxylation is 1. The zero-order valence-corrected chi connectivity index (χ0v) is 11.7. The lowest BCUT2D eigenvalue weighted by atomic mass is 9.65. The van der Waals surface area contributed by atoms with Crippen molar-refractivity contribution in [3.63, 3.8) is 0 Å².